The van der Waals surface area contributed by atoms with Gasteiger partial charge in [0, 0.05) is 32.6 Å². The van der Waals surface area contributed by atoms with Crippen molar-refractivity contribution in [3.63, 3.8) is 0 Å². The number of methoxy groups -OCH3 is 1. The second-order valence-corrected chi connectivity index (χ2v) is 4.64. The SMILES string of the molecule is COC(C)CCC(=O)Cc1c(C)nn(C)c1Cl. The van der Waals surface area contributed by atoms with Gasteiger partial charge in [-0.1, -0.05) is 11.6 Å². The third-order valence-electron chi connectivity index (χ3n) is 2.88. The Morgan fingerprint density at radius 2 is 2.24 bits per heavy atom. The van der Waals surface area contributed by atoms with E-state index < -0.39 is 0 Å². The van der Waals surface area contributed by atoms with Crippen LogP contribution in [-0.4, -0.2) is 28.8 Å². The van der Waals surface area contributed by atoms with Crippen molar-refractivity contribution in [2.75, 3.05) is 7.11 Å². The number of hydrogen-bond acceptors (Lipinski definition) is 3. The van der Waals surface area contributed by atoms with E-state index in [1.165, 1.54) is 0 Å². The second kappa shape index (κ2) is 6.17. The maximum Gasteiger partial charge on any atom is 0.137 e. The standard InChI is InChI=1S/C12H19ClN2O2/c1-8(17-4)5-6-10(16)7-11-9(2)14-15(3)12(11)13/h8H,5-7H2,1-4H3. The molecule has 0 aliphatic heterocycles. The summed E-state index contributed by atoms with van der Waals surface area (Å²) < 4.78 is 6.70. The first kappa shape index (κ1) is 14.2. The van der Waals surface area contributed by atoms with Gasteiger partial charge in [-0.3, -0.25) is 9.48 Å². The van der Waals surface area contributed by atoms with Gasteiger partial charge in [0.25, 0.3) is 0 Å². The molecule has 5 heteroatoms. The molecule has 1 rings (SSSR count). The van der Waals surface area contributed by atoms with Crippen molar-refractivity contribution in [2.45, 2.75) is 39.2 Å². The lowest BCUT2D eigenvalue weighted by Gasteiger charge is -2.08. The molecule has 0 saturated heterocycles. The van der Waals surface area contributed by atoms with Crippen LogP contribution in [0.2, 0.25) is 5.15 Å². The van der Waals surface area contributed by atoms with Gasteiger partial charge in [-0.05, 0) is 20.3 Å². The Kier molecular flexibility index (Phi) is 5.15. The third kappa shape index (κ3) is 3.82. The highest BCUT2D eigenvalue weighted by molar-refractivity contribution is 6.30. The summed E-state index contributed by atoms with van der Waals surface area (Å²) in [5.41, 5.74) is 1.66. The zero-order chi connectivity index (χ0) is 13.0. The normalized spacial score (nSPS) is 12.8. The van der Waals surface area contributed by atoms with Gasteiger partial charge in [-0.2, -0.15) is 5.10 Å². The van der Waals surface area contributed by atoms with Crippen molar-refractivity contribution in [1.82, 2.24) is 9.78 Å². The Bertz CT molecular complexity index is 401. The van der Waals surface area contributed by atoms with E-state index >= 15 is 0 Å². The summed E-state index contributed by atoms with van der Waals surface area (Å²) in [7, 11) is 3.42. The van der Waals surface area contributed by atoms with Crippen LogP contribution in [-0.2, 0) is 23.0 Å². The maximum atomic E-state index is 11.8. The van der Waals surface area contributed by atoms with Crippen LogP contribution in [0.1, 0.15) is 31.0 Å². The zero-order valence-electron chi connectivity index (χ0n) is 10.8. The molecule has 17 heavy (non-hydrogen) atoms. The molecule has 1 heterocycles. The molecule has 1 atom stereocenters. The van der Waals surface area contributed by atoms with Crippen LogP contribution in [0.15, 0.2) is 0 Å². The molecule has 1 aromatic rings. The predicted molar refractivity (Wildman–Crippen MR) is 67.4 cm³/mol. The van der Waals surface area contributed by atoms with E-state index in [2.05, 4.69) is 5.10 Å². The van der Waals surface area contributed by atoms with E-state index in [4.69, 9.17) is 16.3 Å². The number of ketones is 1. The Morgan fingerprint density at radius 3 is 2.71 bits per heavy atom. The Hall–Kier alpha value is -0.870. The number of halogens is 1. The van der Waals surface area contributed by atoms with E-state index in [9.17, 15) is 4.79 Å². The fraction of sp³-hybridized carbons (Fsp3) is 0.667. The number of aromatic nitrogens is 2. The van der Waals surface area contributed by atoms with Crippen LogP contribution in [0.25, 0.3) is 0 Å². The highest BCUT2D eigenvalue weighted by atomic mass is 35.5. The average Bonchev–Trinajstić information content (AvgIpc) is 2.53. The van der Waals surface area contributed by atoms with Gasteiger partial charge >= 0.3 is 0 Å². The van der Waals surface area contributed by atoms with Gasteiger partial charge in [0.15, 0.2) is 0 Å². The zero-order valence-corrected chi connectivity index (χ0v) is 11.5. The lowest BCUT2D eigenvalue weighted by molar-refractivity contribution is -0.119. The Labute approximate surface area is 107 Å². The summed E-state index contributed by atoms with van der Waals surface area (Å²) in [6, 6.07) is 0. The van der Waals surface area contributed by atoms with Gasteiger partial charge in [0.1, 0.15) is 10.9 Å². The fourth-order valence-electron chi connectivity index (χ4n) is 1.64. The van der Waals surface area contributed by atoms with Gasteiger partial charge in [0.05, 0.1) is 11.8 Å². The summed E-state index contributed by atoms with van der Waals surface area (Å²) in [5.74, 6) is 0.173. The van der Waals surface area contributed by atoms with Crippen LogP contribution < -0.4 is 0 Å². The molecule has 0 radical (unpaired) electrons. The smallest absolute Gasteiger partial charge is 0.137 e. The molecule has 0 spiro atoms. The van der Waals surface area contributed by atoms with Crippen LogP contribution in [0.5, 0.6) is 0 Å². The van der Waals surface area contributed by atoms with Crippen LogP contribution >= 0.6 is 11.6 Å². The monoisotopic (exact) mass is 258 g/mol. The maximum absolute atomic E-state index is 11.8. The minimum Gasteiger partial charge on any atom is -0.382 e. The average molecular weight is 259 g/mol. The molecule has 96 valence electrons. The lowest BCUT2D eigenvalue weighted by Crippen LogP contribution is -2.10. The summed E-state index contributed by atoms with van der Waals surface area (Å²) in [6.07, 6.45) is 1.73. The molecule has 0 fully saturated rings. The predicted octanol–water partition coefficient (Wildman–Crippen LogP) is 2.31. The molecule has 0 aliphatic carbocycles. The van der Waals surface area contributed by atoms with Crippen molar-refractivity contribution >= 4 is 17.4 Å². The number of carbonyl (C=O) groups is 1. The molecule has 0 aliphatic rings. The van der Waals surface area contributed by atoms with Crippen molar-refractivity contribution in [1.29, 1.82) is 0 Å². The molecule has 4 nitrogen and oxygen atoms in total. The first-order chi connectivity index (χ1) is 7.95. The quantitative estimate of drug-likeness (QED) is 0.787. The summed E-state index contributed by atoms with van der Waals surface area (Å²) in [6.45, 7) is 3.82. The molecular weight excluding hydrogens is 240 g/mol. The van der Waals surface area contributed by atoms with E-state index in [1.807, 2.05) is 13.8 Å². The molecular formula is C12H19ClN2O2. The lowest BCUT2D eigenvalue weighted by atomic mass is 10.1. The van der Waals surface area contributed by atoms with Crippen molar-refractivity contribution in [2.24, 2.45) is 7.05 Å². The molecule has 0 saturated carbocycles. The van der Waals surface area contributed by atoms with E-state index in [1.54, 1.807) is 18.8 Å². The van der Waals surface area contributed by atoms with Gasteiger partial charge in [-0.25, -0.2) is 0 Å². The van der Waals surface area contributed by atoms with E-state index in [0.717, 1.165) is 17.7 Å². The van der Waals surface area contributed by atoms with Gasteiger partial charge in [0.2, 0.25) is 0 Å². The number of aryl methyl sites for hydroxylation is 2. The fourth-order valence-corrected chi connectivity index (χ4v) is 1.88. The summed E-state index contributed by atoms with van der Waals surface area (Å²) in [4.78, 5) is 11.8. The van der Waals surface area contributed by atoms with Crippen molar-refractivity contribution in [3.8, 4) is 0 Å². The Balaban J connectivity index is 2.56. The number of hydrogen-bond donors (Lipinski definition) is 0. The third-order valence-corrected chi connectivity index (χ3v) is 3.35. The summed E-state index contributed by atoms with van der Waals surface area (Å²) >= 11 is 6.07. The first-order valence-corrected chi connectivity index (χ1v) is 6.06. The highest BCUT2D eigenvalue weighted by Gasteiger charge is 2.15. The minimum absolute atomic E-state index is 0.115. The number of rotatable bonds is 6. The van der Waals surface area contributed by atoms with Gasteiger partial charge in [-0.15, -0.1) is 0 Å². The molecule has 0 bridgehead atoms. The first-order valence-electron chi connectivity index (χ1n) is 5.68. The largest absolute Gasteiger partial charge is 0.382 e. The number of ether oxygens (including phenoxy) is 1. The summed E-state index contributed by atoms with van der Waals surface area (Å²) in [5, 5.41) is 4.73. The van der Waals surface area contributed by atoms with E-state index in [0.29, 0.717) is 18.0 Å². The second-order valence-electron chi connectivity index (χ2n) is 4.28. The molecule has 1 aromatic heterocycles. The van der Waals surface area contributed by atoms with Crippen molar-refractivity contribution < 1.29 is 9.53 Å². The van der Waals surface area contributed by atoms with Crippen molar-refractivity contribution in [3.05, 3.63) is 16.4 Å². The topological polar surface area (TPSA) is 44.1 Å². The number of nitrogens with zero attached hydrogens (tertiary/aromatic N) is 2. The number of carbonyl (C=O) groups excluding carboxylic acids is 1. The van der Waals surface area contributed by atoms with Crippen LogP contribution in [0, 0.1) is 6.92 Å². The highest BCUT2D eigenvalue weighted by Crippen LogP contribution is 2.20. The van der Waals surface area contributed by atoms with Crippen LogP contribution in [0.3, 0.4) is 0 Å². The van der Waals surface area contributed by atoms with E-state index in [-0.39, 0.29) is 11.9 Å². The van der Waals surface area contributed by atoms with Crippen LogP contribution in [0.4, 0.5) is 0 Å². The molecule has 0 N–H and O–H groups in total. The molecule has 0 amide bonds. The van der Waals surface area contributed by atoms with Gasteiger partial charge < -0.3 is 4.74 Å². The minimum atomic E-state index is 0.115. The molecule has 0 aromatic carbocycles. The number of Topliss-reactive ketones (excluding diaryl/α,β-unsaturated/α-hetero) is 1. The molecule has 1 unspecified atom stereocenters. The Morgan fingerprint density at radius 1 is 1.59 bits per heavy atom.